The van der Waals surface area contributed by atoms with Gasteiger partial charge in [0, 0.05) is 15.7 Å². The van der Waals surface area contributed by atoms with Crippen LogP contribution in [0.1, 0.15) is 43.7 Å². The van der Waals surface area contributed by atoms with Gasteiger partial charge in [-0.05, 0) is 42.3 Å². The molecule has 1 N–H and O–H groups in total. The van der Waals surface area contributed by atoms with Gasteiger partial charge in [0.15, 0.2) is 0 Å². The average molecular weight is 278 g/mol. The lowest BCUT2D eigenvalue weighted by Gasteiger charge is -2.20. The minimum Gasteiger partial charge on any atom is -0.358 e. The number of rotatable bonds is 1. The molecule has 1 fully saturated rings. The van der Waals surface area contributed by atoms with Crippen molar-refractivity contribution in [3.8, 4) is 0 Å². The van der Waals surface area contributed by atoms with Crippen molar-refractivity contribution >= 4 is 26.8 Å². The maximum Gasteiger partial charge on any atom is 0.0467 e. The van der Waals surface area contributed by atoms with E-state index in [0.717, 1.165) is 10.4 Å². The van der Waals surface area contributed by atoms with Crippen LogP contribution in [0.5, 0.6) is 0 Å². The molecule has 2 heteroatoms. The summed E-state index contributed by atoms with van der Waals surface area (Å²) in [5, 5.41) is 1.34. The molecule has 0 radical (unpaired) electrons. The Morgan fingerprint density at radius 1 is 1.06 bits per heavy atom. The molecule has 1 aliphatic rings. The molecule has 3 rings (SSSR count). The number of nitrogens with one attached hydrogen (secondary N) is 1. The molecule has 1 aliphatic carbocycles. The van der Waals surface area contributed by atoms with Gasteiger partial charge in [0.2, 0.25) is 0 Å². The van der Waals surface area contributed by atoms with Gasteiger partial charge >= 0.3 is 0 Å². The Bertz CT molecular complexity index is 494. The monoisotopic (exact) mass is 277 g/mol. The Morgan fingerprint density at radius 2 is 1.88 bits per heavy atom. The van der Waals surface area contributed by atoms with E-state index in [1.165, 1.54) is 48.7 Å². The van der Waals surface area contributed by atoms with E-state index in [1.807, 2.05) is 0 Å². The van der Waals surface area contributed by atoms with Crippen molar-refractivity contribution < 1.29 is 0 Å². The summed E-state index contributed by atoms with van der Waals surface area (Å²) in [5.74, 6) is 0.764. The molecule has 0 spiro atoms. The number of H-pyrrole nitrogens is 1. The van der Waals surface area contributed by atoms with Crippen molar-refractivity contribution in [2.45, 2.75) is 38.0 Å². The lowest BCUT2D eigenvalue weighted by Crippen LogP contribution is -2.04. The zero-order chi connectivity index (χ0) is 11.0. The molecule has 1 nitrogen and oxygen atoms in total. The highest BCUT2D eigenvalue weighted by molar-refractivity contribution is 9.10. The molecular formula is C14H16BrN. The van der Waals surface area contributed by atoms with Gasteiger partial charge in [0.1, 0.15) is 0 Å². The van der Waals surface area contributed by atoms with E-state index in [0.29, 0.717) is 0 Å². The second-order valence-corrected chi connectivity index (χ2v) is 5.71. The highest BCUT2D eigenvalue weighted by Gasteiger charge is 2.17. The van der Waals surface area contributed by atoms with Gasteiger partial charge in [0.25, 0.3) is 0 Å². The van der Waals surface area contributed by atoms with Gasteiger partial charge in [-0.15, -0.1) is 0 Å². The van der Waals surface area contributed by atoms with Crippen molar-refractivity contribution in [1.29, 1.82) is 0 Å². The number of hydrogen-bond donors (Lipinski definition) is 1. The first-order valence-electron chi connectivity index (χ1n) is 6.11. The third kappa shape index (κ3) is 1.91. The van der Waals surface area contributed by atoms with E-state index in [2.05, 4.69) is 45.2 Å². The highest BCUT2D eigenvalue weighted by atomic mass is 79.9. The molecule has 0 aliphatic heterocycles. The molecule has 0 atom stereocenters. The van der Waals surface area contributed by atoms with E-state index in [-0.39, 0.29) is 0 Å². The Morgan fingerprint density at radius 3 is 2.69 bits per heavy atom. The summed E-state index contributed by atoms with van der Waals surface area (Å²) in [5.41, 5.74) is 2.70. The molecule has 16 heavy (non-hydrogen) atoms. The predicted octanol–water partition coefficient (Wildman–Crippen LogP) is 4.98. The number of aromatic nitrogens is 1. The van der Waals surface area contributed by atoms with Gasteiger partial charge in [0.05, 0.1) is 0 Å². The first kappa shape index (κ1) is 10.4. The Balaban J connectivity index is 1.97. The molecular weight excluding hydrogens is 262 g/mol. The lowest BCUT2D eigenvalue weighted by molar-refractivity contribution is 0.438. The summed E-state index contributed by atoms with van der Waals surface area (Å²) in [6, 6.07) is 8.79. The topological polar surface area (TPSA) is 15.8 Å². The lowest BCUT2D eigenvalue weighted by atomic mass is 9.87. The maximum absolute atomic E-state index is 3.58. The summed E-state index contributed by atoms with van der Waals surface area (Å²) in [6.45, 7) is 0. The molecule has 84 valence electrons. The Labute approximate surface area is 104 Å². The maximum atomic E-state index is 3.58. The van der Waals surface area contributed by atoms with Gasteiger partial charge in [-0.2, -0.15) is 0 Å². The molecule has 1 aromatic carbocycles. The van der Waals surface area contributed by atoms with Crippen molar-refractivity contribution in [1.82, 2.24) is 4.98 Å². The number of halogens is 1. The summed E-state index contributed by atoms with van der Waals surface area (Å²) < 4.78 is 1.15. The van der Waals surface area contributed by atoms with Crippen molar-refractivity contribution in [2.75, 3.05) is 0 Å². The molecule has 1 saturated carbocycles. The standard InChI is InChI=1S/C14H16BrN/c15-12-7-6-11-8-13(16-14(11)9-12)10-4-2-1-3-5-10/h6-10,16H,1-5H2. The van der Waals surface area contributed by atoms with Crippen LogP contribution < -0.4 is 0 Å². The number of benzene rings is 1. The van der Waals surface area contributed by atoms with Gasteiger partial charge in [-0.3, -0.25) is 0 Å². The highest BCUT2D eigenvalue weighted by Crippen LogP contribution is 2.34. The third-order valence-corrected chi connectivity index (χ3v) is 4.14. The number of aromatic amines is 1. The quantitative estimate of drug-likeness (QED) is 0.757. The predicted molar refractivity (Wildman–Crippen MR) is 71.8 cm³/mol. The van der Waals surface area contributed by atoms with Crippen LogP contribution in [-0.4, -0.2) is 4.98 Å². The van der Waals surface area contributed by atoms with Crippen molar-refractivity contribution in [2.24, 2.45) is 0 Å². The van der Waals surface area contributed by atoms with Crippen molar-refractivity contribution in [3.05, 3.63) is 34.4 Å². The summed E-state index contributed by atoms with van der Waals surface area (Å²) >= 11 is 3.52. The summed E-state index contributed by atoms with van der Waals surface area (Å²) in [6.07, 6.45) is 6.91. The molecule has 1 heterocycles. The minimum absolute atomic E-state index is 0.764. The third-order valence-electron chi connectivity index (χ3n) is 3.65. The molecule has 1 aromatic heterocycles. The van der Waals surface area contributed by atoms with E-state index in [1.54, 1.807) is 0 Å². The van der Waals surface area contributed by atoms with Crippen LogP contribution in [0.2, 0.25) is 0 Å². The largest absolute Gasteiger partial charge is 0.358 e. The first-order chi connectivity index (χ1) is 7.83. The molecule has 0 amide bonds. The summed E-state index contributed by atoms with van der Waals surface area (Å²) in [4.78, 5) is 3.58. The van der Waals surface area contributed by atoms with E-state index < -0.39 is 0 Å². The molecule has 0 bridgehead atoms. The van der Waals surface area contributed by atoms with Crippen molar-refractivity contribution in [3.63, 3.8) is 0 Å². The molecule has 2 aromatic rings. The van der Waals surface area contributed by atoms with Crippen LogP contribution in [-0.2, 0) is 0 Å². The van der Waals surface area contributed by atoms with Crippen LogP contribution in [0, 0.1) is 0 Å². The van der Waals surface area contributed by atoms with Crippen LogP contribution in [0.4, 0.5) is 0 Å². The van der Waals surface area contributed by atoms with Crippen LogP contribution in [0.25, 0.3) is 10.9 Å². The van der Waals surface area contributed by atoms with Crippen LogP contribution in [0.3, 0.4) is 0 Å². The summed E-state index contributed by atoms with van der Waals surface area (Å²) in [7, 11) is 0. The second-order valence-electron chi connectivity index (χ2n) is 4.79. The van der Waals surface area contributed by atoms with Crippen LogP contribution >= 0.6 is 15.9 Å². The Hall–Kier alpha value is -0.760. The fraction of sp³-hybridized carbons (Fsp3) is 0.429. The average Bonchev–Trinajstić information content (AvgIpc) is 2.73. The Kier molecular flexibility index (Phi) is 2.76. The van der Waals surface area contributed by atoms with E-state index >= 15 is 0 Å². The smallest absolute Gasteiger partial charge is 0.0467 e. The fourth-order valence-electron chi connectivity index (χ4n) is 2.76. The van der Waals surface area contributed by atoms with Gasteiger partial charge < -0.3 is 4.98 Å². The minimum atomic E-state index is 0.764. The normalized spacial score (nSPS) is 18.1. The first-order valence-corrected chi connectivity index (χ1v) is 6.90. The van der Waals surface area contributed by atoms with Crippen LogP contribution in [0.15, 0.2) is 28.7 Å². The number of hydrogen-bond acceptors (Lipinski definition) is 0. The zero-order valence-electron chi connectivity index (χ0n) is 9.30. The SMILES string of the molecule is Brc1ccc2cc(C3CCCCC3)[nH]c2c1. The molecule has 0 unspecified atom stereocenters. The zero-order valence-corrected chi connectivity index (χ0v) is 10.9. The number of fused-ring (bicyclic) bond motifs is 1. The molecule has 0 saturated heterocycles. The van der Waals surface area contributed by atoms with E-state index in [9.17, 15) is 0 Å². The fourth-order valence-corrected chi connectivity index (χ4v) is 3.12. The van der Waals surface area contributed by atoms with Gasteiger partial charge in [-0.25, -0.2) is 0 Å². The van der Waals surface area contributed by atoms with Gasteiger partial charge in [-0.1, -0.05) is 41.3 Å². The van der Waals surface area contributed by atoms with E-state index in [4.69, 9.17) is 0 Å². The second kappa shape index (κ2) is 4.25.